The Kier molecular flexibility index (Phi) is 5.67. The second-order valence-corrected chi connectivity index (χ2v) is 8.71. The van der Waals surface area contributed by atoms with Gasteiger partial charge in [-0.15, -0.1) is 11.3 Å². The highest BCUT2D eigenvalue weighted by atomic mass is 32.1. The van der Waals surface area contributed by atoms with Crippen molar-refractivity contribution in [2.75, 3.05) is 25.5 Å². The summed E-state index contributed by atoms with van der Waals surface area (Å²) in [5, 5.41) is 3.01. The van der Waals surface area contributed by atoms with E-state index in [1.54, 1.807) is 18.4 Å². The highest BCUT2D eigenvalue weighted by molar-refractivity contribution is 7.14. The van der Waals surface area contributed by atoms with E-state index in [2.05, 4.69) is 5.32 Å². The first-order valence-corrected chi connectivity index (χ1v) is 10.8. The molecule has 1 aliphatic heterocycles. The number of amides is 2. The van der Waals surface area contributed by atoms with Crippen molar-refractivity contribution >= 4 is 28.8 Å². The predicted octanol–water partition coefficient (Wildman–Crippen LogP) is 4.13. The van der Waals surface area contributed by atoms with Crippen molar-refractivity contribution in [3.05, 3.63) is 45.6 Å². The third-order valence-electron chi connectivity index (χ3n) is 5.67. The molecule has 0 unspecified atom stereocenters. The molecule has 4 rings (SSSR count). The number of methoxy groups -OCH3 is 1. The minimum absolute atomic E-state index is 0.0472. The number of likely N-dealkylation sites (tertiary alicyclic amines) is 1. The zero-order valence-corrected chi connectivity index (χ0v) is 17.0. The van der Waals surface area contributed by atoms with Gasteiger partial charge in [0.25, 0.3) is 5.91 Å². The fraction of sp³-hybridized carbons (Fsp3) is 0.455. The van der Waals surface area contributed by atoms with E-state index in [0.29, 0.717) is 6.42 Å². The molecule has 0 bridgehead atoms. The van der Waals surface area contributed by atoms with Gasteiger partial charge >= 0.3 is 0 Å². The standard InChI is InChI=1S/C22H26N2O3S/c1-27-18-8-6-17(7-9-18)23-21(25)15-5-10-19-16(13-15)14-20(28-19)22(26)24-11-3-2-4-12-24/h6-9,14-15H,2-5,10-13H2,1H3,(H,23,25)/t15-/m1/s1. The number of benzene rings is 1. The van der Waals surface area contributed by atoms with Crippen LogP contribution in [0.5, 0.6) is 5.75 Å². The van der Waals surface area contributed by atoms with Gasteiger partial charge in [0.05, 0.1) is 12.0 Å². The number of hydrogen-bond acceptors (Lipinski definition) is 4. The molecule has 1 aliphatic carbocycles. The van der Waals surface area contributed by atoms with Crippen molar-refractivity contribution in [2.24, 2.45) is 5.92 Å². The molecule has 1 fully saturated rings. The first-order valence-electron chi connectivity index (χ1n) is 10.00. The molecule has 1 atom stereocenters. The Morgan fingerprint density at radius 1 is 1.14 bits per heavy atom. The number of anilines is 1. The van der Waals surface area contributed by atoms with Crippen molar-refractivity contribution in [3.63, 3.8) is 0 Å². The van der Waals surface area contributed by atoms with Gasteiger partial charge in [-0.05, 0) is 74.4 Å². The normalized spacial score (nSPS) is 19.0. The molecule has 1 N–H and O–H groups in total. The first-order chi connectivity index (χ1) is 13.6. The lowest BCUT2D eigenvalue weighted by Crippen LogP contribution is -2.35. The molecule has 6 heteroatoms. The van der Waals surface area contributed by atoms with Crippen LogP contribution >= 0.6 is 11.3 Å². The van der Waals surface area contributed by atoms with Gasteiger partial charge in [-0.1, -0.05) is 0 Å². The lowest BCUT2D eigenvalue weighted by atomic mass is 9.87. The summed E-state index contributed by atoms with van der Waals surface area (Å²) in [6.45, 7) is 1.74. The molecule has 0 saturated carbocycles. The van der Waals surface area contributed by atoms with Crippen molar-refractivity contribution in [1.82, 2.24) is 4.90 Å². The number of piperidine rings is 1. The van der Waals surface area contributed by atoms with Crippen molar-refractivity contribution in [2.45, 2.75) is 38.5 Å². The van der Waals surface area contributed by atoms with Gasteiger partial charge in [-0.3, -0.25) is 9.59 Å². The second-order valence-electron chi connectivity index (χ2n) is 7.57. The maximum atomic E-state index is 12.8. The molecule has 2 aliphatic rings. The summed E-state index contributed by atoms with van der Waals surface area (Å²) >= 11 is 1.62. The van der Waals surface area contributed by atoms with Gasteiger partial charge < -0.3 is 15.0 Å². The Labute approximate surface area is 169 Å². The SMILES string of the molecule is COc1ccc(NC(=O)[C@@H]2CCc3sc(C(=O)N4CCCCC4)cc3C2)cc1. The first kappa shape index (κ1) is 19.0. The molecule has 1 saturated heterocycles. The summed E-state index contributed by atoms with van der Waals surface area (Å²) in [5.74, 6) is 0.927. The van der Waals surface area contributed by atoms with Crippen molar-refractivity contribution in [1.29, 1.82) is 0 Å². The van der Waals surface area contributed by atoms with Crippen LogP contribution in [0.15, 0.2) is 30.3 Å². The van der Waals surface area contributed by atoms with E-state index in [4.69, 9.17) is 4.74 Å². The molecule has 2 heterocycles. The Balaban J connectivity index is 1.40. The Morgan fingerprint density at radius 2 is 1.89 bits per heavy atom. The Hall–Kier alpha value is -2.34. The summed E-state index contributed by atoms with van der Waals surface area (Å²) in [4.78, 5) is 29.6. The third-order valence-corrected chi connectivity index (χ3v) is 6.89. The summed E-state index contributed by atoms with van der Waals surface area (Å²) < 4.78 is 5.15. The molecule has 0 spiro atoms. The highest BCUT2D eigenvalue weighted by Gasteiger charge is 2.29. The minimum Gasteiger partial charge on any atom is -0.497 e. The number of carbonyl (C=O) groups is 2. The summed E-state index contributed by atoms with van der Waals surface area (Å²) in [5.41, 5.74) is 1.95. The molecular formula is C22H26N2O3S. The number of hydrogen-bond donors (Lipinski definition) is 1. The molecule has 0 radical (unpaired) electrons. The maximum absolute atomic E-state index is 12.8. The van der Waals surface area contributed by atoms with Crippen LogP contribution in [0.25, 0.3) is 0 Å². The van der Waals surface area contributed by atoms with Crippen LogP contribution < -0.4 is 10.1 Å². The van der Waals surface area contributed by atoms with Gasteiger partial charge in [0, 0.05) is 29.6 Å². The number of fused-ring (bicyclic) bond motifs is 1. The fourth-order valence-electron chi connectivity index (χ4n) is 4.02. The van der Waals surface area contributed by atoms with Gasteiger partial charge in [-0.2, -0.15) is 0 Å². The maximum Gasteiger partial charge on any atom is 0.263 e. The van der Waals surface area contributed by atoms with Crippen LogP contribution in [0.1, 0.15) is 45.8 Å². The van der Waals surface area contributed by atoms with E-state index >= 15 is 0 Å². The number of nitrogens with zero attached hydrogens (tertiary/aromatic N) is 1. The molecule has 148 valence electrons. The van der Waals surface area contributed by atoms with E-state index in [1.165, 1.54) is 16.9 Å². The molecule has 28 heavy (non-hydrogen) atoms. The summed E-state index contributed by atoms with van der Waals surface area (Å²) in [6.07, 6.45) is 5.83. The lowest BCUT2D eigenvalue weighted by molar-refractivity contribution is -0.120. The average Bonchev–Trinajstić information content (AvgIpc) is 3.17. The van der Waals surface area contributed by atoms with E-state index in [0.717, 1.165) is 55.1 Å². The Morgan fingerprint density at radius 3 is 2.61 bits per heavy atom. The van der Waals surface area contributed by atoms with Gasteiger partial charge in [0.15, 0.2) is 0 Å². The van der Waals surface area contributed by atoms with Crippen LogP contribution in [0.3, 0.4) is 0 Å². The molecule has 1 aromatic carbocycles. The Bertz CT molecular complexity index is 853. The number of aryl methyl sites for hydroxylation is 1. The largest absolute Gasteiger partial charge is 0.497 e. The quantitative estimate of drug-likeness (QED) is 0.843. The summed E-state index contributed by atoms with van der Waals surface area (Å²) in [6, 6.07) is 9.41. The van der Waals surface area contributed by atoms with E-state index in [9.17, 15) is 9.59 Å². The predicted molar refractivity (Wildman–Crippen MR) is 111 cm³/mol. The van der Waals surface area contributed by atoms with Crippen molar-refractivity contribution in [3.8, 4) is 5.75 Å². The smallest absolute Gasteiger partial charge is 0.263 e. The number of thiophene rings is 1. The van der Waals surface area contributed by atoms with Gasteiger partial charge in [0.1, 0.15) is 5.75 Å². The van der Waals surface area contributed by atoms with Crippen LogP contribution in [0, 0.1) is 5.92 Å². The van der Waals surface area contributed by atoms with Crippen LogP contribution in [0.2, 0.25) is 0 Å². The van der Waals surface area contributed by atoms with E-state index in [1.807, 2.05) is 35.2 Å². The van der Waals surface area contributed by atoms with E-state index < -0.39 is 0 Å². The molecule has 5 nitrogen and oxygen atoms in total. The molecule has 1 aromatic heterocycles. The topological polar surface area (TPSA) is 58.6 Å². The van der Waals surface area contributed by atoms with Gasteiger partial charge in [-0.25, -0.2) is 0 Å². The molecular weight excluding hydrogens is 372 g/mol. The number of rotatable bonds is 4. The molecule has 2 aromatic rings. The van der Waals surface area contributed by atoms with Crippen molar-refractivity contribution < 1.29 is 14.3 Å². The lowest BCUT2D eigenvalue weighted by Gasteiger charge is -2.26. The minimum atomic E-state index is -0.0536. The fourth-order valence-corrected chi connectivity index (χ4v) is 5.20. The average molecular weight is 399 g/mol. The third kappa shape index (κ3) is 4.07. The zero-order valence-electron chi connectivity index (χ0n) is 16.2. The number of carbonyl (C=O) groups excluding carboxylic acids is 2. The van der Waals surface area contributed by atoms with Crippen LogP contribution in [-0.2, 0) is 17.6 Å². The molecule has 2 amide bonds. The zero-order chi connectivity index (χ0) is 19.5. The van der Waals surface area contributed by atoms with Crippen LogP contribution in [0.4, 0.5) is 5.69 Å². The highest BCUT2D eigenvalue weighted by Crippen LogP contribution is 2.34. The number of ether oxygens (including phenoxy) is 1. The summed E-state index contributed by atoms with van der Waals surface area (Å²) in [7, 11) is 1.62. The van der Waals surface area contributed by atoms with Gasteiger partial charge in [0.2, 0.25) is 5.91 Å². The van der Waals surface area contributed by atoms with Crippen LogP contribution in [-0.4, -0.2) is 36.9 Å². The van der Waals surface area contributed by atoms with E-state index in [-0.39, 0.29) is 17.7 Å². The monoisotopic (exact) mass is 398 g/mol. The second kappa shape index (κ2) is 8.35. The number of nitrogens with one attached hydrogen (secondary N) is 1.